The summed E-state index contributed by atoms with van der Waals surface area (Å²) in [5.41, 5.74) is 1.90. The number of amides is 1. The molecule has 0 aliphatic heterocycles. The zero-order chi connectivity index (χ0) is 14.7. The number of benzene rings is 2. The standard InChI is InChI=1S/C17H14N2O2/c1-21-14-9-7-13(8-10-14)18-17(20)16-11-6-12-4-2-3-5-15(12)19-16/h2-11H,1H3,(H,18,20). The summed E-state index contributed by atoms with van der Waals surface area (Å²) in [7, 11) is 1.60. The molecule has 0 fully saturated rings. The van der Waals surface area contributed by atoms with E-state index in [0.717, 1.165) is 16.7 Å². The number of ether oxygens (including phenoxy) is 1. The highest BCUT2D eigenvalue weighted by molar-refractivity contribution is 6.04. The molecule has 0 unspecified atom stereocenters. The predicted octanol–water partition coefficient (Wildman–Crippen LogP) is 3.50. The molecule has 1 heterocycles. The molecule has 0 bridgehead atoms. The number of pyridine rings is 1. The van der Waals surface area contributed by atoms with Crippen LogP contribution in [-0.2, 0) is 0 Å². The summed E-state index contributed by atoms with van der Waals surface area (Å²) in [5, 5.41) is 3.83. The molecule has 4 nitrogen and oxygen atoms in total. The van der Waals surface area contributed by atoms with E-state index in [4.69, 9.17) is 4.74 Å². The topological polar surface area (TPSA) is 51.2 Å². The van der Waals surface area contributed by atoms with Gasteiger partial charge in [0.05, 0.1) is 12.6 Å². The smallest absolute Gasteiger partial charge is 0.274 e. The van der Waals surface area contributed by atoms with E-state index in [0.29, 0.717) is 11.4 Å². The number of carbonyl (C=O) groups excluding carboxylic acids is 1. The van der Waals surface area contributed by atoms with Crippen molar-refractivity contribution in [2.45, 2.75) is 0 Å². The number of para-hydroxylation sites is 1. The Bertz CT molecular complexity index is 782. The van der Waals surface area contributed by atoms with Crippen LogP contribution in [0.5, 0.6) is 5.75 Å². The van der Waals surface area contributed by atoms with Gasteiger partial charge >= 0.3 is 0 Å². The van der Waals surface area contributed by atoms with Gasteiger partial charge < -0.3 is 10.1 Å². The molecule has 1 amide bonds. The van der Waals surface area contributed by atoms with E-state index in [1.165, 1.54) is 0 Å². The number of fused-ring (bicyclic) bond motifs is 1. The van der Waals surface area contributed by atoms with Crippen LogP contribution in [0.15, 0.2) is 60.7 Å². The summed E-state index contributed by atoms with van der Waals surface area (Å²) < 4.78 is 5.08. The summed E-state index contributed by atoms with van der Waals surface area (Å²) in [6.07, 6.45) is 0. The number of carbonyl (C=O) groups is 1. The Balaban J connectivity index is 1.82. The number of hydrogen-bond donors (Lipinski definition) is 1. The van der Waals surface area contributed by atoms with E-state index < -0.39 is 0 Å². The molecule has 0 radical (unpaired) electrons. The first-order valence-corrected chi connectivity index (χ1v) is 6.57. The van der Waals surface area contributed by atoms with Crippen LogP contribution in [0.25, 0.3) is 10.9 Å². The molecule has 0 spiro atoms. The molecule has 21 heavy (non-hydrogen) atoms. The fourth-order valence-corrected chi connectivity index (χ4v) is 2.06. The van der Waals surface area contributed by atoms with Crippen LogP contribution in [0, 0.1) is 0 Å². The normalized spacial score (nSPS) is 10.3. The van der Waals surface area contributed by atoms with Crippen LogP contribution < -0.4 is 10.1 Å². The zero-order valence-corrected chi connectivity index (χ0v) is 11.5. The van der Waals surface area contributed by atoms with Gasteiger partial charge in [0.25, 0.3) is 5.91 Å². The molecule has 4 heteroatoms. The van der Waals surface area contributed by atoms with Crippen LogP contribution in [0.2, 0.25) is 0 Å². The summed E-state index contributed by atoms with van der Waals surface area (Å²) in [6.45, 7) is 0. The van der Waals surface area contributed by atoms with Crippen molar-refractivity contribution in [1.82, 2.24) is 4.98 Å². The molecular weight excluding hydrogens is 264 g/mol. The molecule has 0 saturated heterocycles. The fourth-order valence-electron chi connectivity index (χ4n) is 2.06. The highest BCUT2D eigenvalue weighted by Gasteiger charge is 2.08. The van der Waals surface area contributed by atoms with Gasteiger partial charge in [0, 0.05) is 11.1 Å². The average molecular weight is 278 g/mol. The van der Waals surface area contributed by atoms with Crippen LogP contribution in [-0.4, -0.2) is 18.0 Å². The molecule has 2 aromatic carbocycles. The van der Waals surface area contributed by atoms with Crippen LogP contribution in [0.3, 0.4) is 0 Å². The first-order chi connectivity index (χ1) is 10.3. The van der Waals surface area contributed by atoms with Gasteiger partial charge in [0.2, 0.25) is 0 Å². The minimum atomic E-state index is -0.231. The van der Waals surface area contributed by atoms with Gasteiger partial charge in [-0.1, -0.05) is 24.3 Å². The van der Waals surface area contributed by atoms with Gasteiger partial charge in [-0.05, 0) is 36.4 Å². The molecular formula is C17H14N2O2. The van der Waals surface area contributed by atoms with Crippen molar-refractivity contribution in [2.24, 2.45) is 0 Å². The maximum absolute atomic E-state index is 12.2. The maximum Gasteiger partial charge on any atom is 0.274 e. The number of rotatable bonds is 3. The summed E-state index contributed by atoms with van der Waals surface area (Å²) >= 11 is 0. The molecule has 3 rings (SSSR count). The molecule has 0 saturated carbocycles. The van der Waals surface area contributed by atoms with E-state index in [-0.39, 0.29) is 5.91 Å². The molecule has 3 aromatic rings. The molecule has 1 N–H and O–H groups in total. The Hall–Kier alpha value is -2.88. The highest BCUT2D eigenvalue weighted by Crippen LogP contribution is 2.16. The van der Waals surface area contributed by atoms with Crippen molar-refractivity contribution in [3.8, 4) is 5.75 Å². The van der Waals surface area contributed by atoms with Crippen molar-refractivity contribution >= 4 is 22.5 Å². The summed E-state index contributed by atoms with van der Waals surface area (Å²) in [5.74, 6) is 0.516. The number of anilines is 1. The average Bonchev–Trinajstić information content (AvgIpc) is 2.55. The second-order valence-corrected chi connectivity index (χ2v) is 4.57. The van der Waals surface area contributed by atoms with Gasteiger partial charge in [0.15, 0.2) is 0 Å². The minimum Gasteiger partial charge on any atom is -0.497 e. The Labute approximate surface area is 122 Å². The van der Waals surface area contributed by atoms with Gasteiger partial charge in [0.1, 0.15) is 11.4 Å². The number of hydrogen-bond acceptors (Lipinski definition) is 3. The summed E-state index contributed by atoms with van der Waals surface area (Å²) in [6, 6.07) is 18.5. The van der Waals surface area contributed by atoms with Crippen molar-refractivity contribution < 1.29 is 9.53 Å². The number of aromatic nitrogens is 1. The molecule has 0 atom stereocenters. The lowest BCUT2D eigenvalue weighted by molar-refractivity contribution is 0.102. The molecule has 104 valence electrons. The Morgan fingerprint density at radius 2 is 1.76 bits per heavy atom. The van der Waals surface area contributed by atoms with Crippen LogP contribution in [0.1, 0.15) is 10.5 Å². The monoisotopic (exact) mass is 278 g/mol. The largest absolute Gasteiger partial charge is 0.497 e. The number of methoxy groups -OCH3 is 1. The van der Waals surface area contributed by atoms with E-state index in [1.54, 1.807) is 37.4 Å². The third-order valence-electron chi connectivity index (χ3n) is 3.18. The molecule has 1 aromatic heterocycles. The maximum atomic E-state index is 12.2. The Morgan fingerprint density at radius 3 is 2.52 bits per heavy atom. The van der Waals surface area contributed by atoms with Gasteiger partial charge in [-0.25, -0.2) is 4.98 Å². The third kappa shape index (κ3) is 2.84. The fraction of sp³-hybridized carbons (Fsp3) is 0.0588. The van der Waals surface area contributed by atoms with E-state index in [1.807, 2.05) is 30.3 Å². The number of nitrogens with zero attached hydrogens (tertiary/aromatic N) is 1. The number of nitrogens with one attached hydrogen (secondary N) is 1. The van der Waals surface area contributed by atoms with Crippen LogP contribution in [0.4, 0.5) is 5.69 Å². The zero-order valence-electron chi connectivity index (χ0n) is 11.5. The first kappa shape index (κ1) is 13.1. The van der Waals surface area contributed by atoms with Gasteiger partial charge in [-0.3, -0.25) is 4.79 Å². The van der Waals surface area contributed by atoms with Gasteiger partial charge in [-0.2, -0.15) is 0 Å². The molecule has 0 aliphatic rings. The first-order valence-electron chi connectivity index (χ1n) is 6.57. The third-order valence-corrected chi connectivity index (χ3v) is 3.18. The van der Waals surface area contributed by atoms with E-state index in [9.17, 15) is 4.79 Å². The van der Waals surface area contributed by atoms with Crippen molar-refractivity contribution in [2.75, 3.05) is 12.4 Å². The second kappa shape index (κ2) is 5.63. The SMILES string of the molecule is COc1ccc(NC(=O)c2ccc3ccccc3n2)cc1. The Kier molecular flexibility index (Phi) is 3.51. The van der Waals surface area contributed by atoms with Crippen LogP contribution >= 0.6 is 0 Å². The van der Waals surface area contributed by atoms with Crippen molar-refractivity contribution in [1.29, 1.82) is 0 Å². The summed E-state index contributed by atoms with van der Waals surface area (Å²) in [4.78, 5) is 16.6. The van der Waals surface area contributed by atoms with E-state index >= 15 is 0 Å². The minimum absolute atomic E-state index is 0.231. The lowest BCUT2D eigenvalue weighted by Gasteiger charge is -2.06. The van der Waals surface area contributed by atoms with E-state index in [2.05, 4.69) is 10.3 Å². The lowest BCUT2D eigenvalue weighted by Crippen LogP contribution is -2.13. The lowest BCUT2D eigenvalue weighted by atomic mass is 10.2. The second-order valence-electron chi connectivity index (χ2n) is 4.57. The van der Waals surface area contributed by atoms with Crippen molar-refractivity contribution in [3.05, 3.63) is 66.4 Å². The highest BCUT2D eigenvalue weighted by atomic mass is 16.5. The quantitative estimate of drug-likeness (QED) is 0.797. The van der Waals surface area contributed by atoms with Crippen molar-refractivity contribution in [3.63, 3.8) is 0 Å². The predicted molar refractivity (Wildman–Crippen MR) is 82.7 cm³/mol. The Morgan fingerprint density at radius 1 is 1.00 bits per heavy atom. The molecule has 0 aliphatic carbocycles. The van der Waals surface area contributed by atoms with Gasteiger partial charge in [-0.15, -0.1) is 0 Å².